The van der Waals surface area contributed by atoms with Gasteiger partial charge in [0.25, 0.3) is 0 Å². The first-order valence-corrected chi connectivity index (χ1v) is 13.0. The number of hydrogen-bond donors (Lipinski definition) is 3. The zero-order valence-corrected chi connectivity index (χ0v) is 23.7. The Balaban J connectivity index is 3.53. The molecule has 0 radical (unpaired) electrons. The lowest BCUT2D eigenvalue weighted by Gasteiger charge is -2.44. The summed E-state index contributed by atoms with van der Waals surface area (Å²) in [5, 5.41) is 15.6. The first-order chi connectivity index (χ1) is 16.7. The fraction of sp³-hybridized carbons (Fsp3) is 0.679. The molecule has 1 aromatic rings. The lowest BCUT2D eigenvalue weighted by Crippen LogP contribution is -2.60. The van der Waals surface area contributed by atoms with E-state index >= 15 is 0 Å². The van der Waals surface area contributed by atoms with Crippen LogP contribution in [0.5, 0.6) is 0 Å². The second-order valence-corrected chi connectivity index (χ2v) is 11.0. The Labute approximate surface area is 217 Å². The molecule has 204 valence electrons. The molecule has 0 bridgehead atoms. The number of nitrogens with one attached hydrogen (secondary N) is 2. The molecule has 2 atom stereocenters. The van der Waals surface area contributed by atoms with Gasteiger partial charge in [-0.3, -0.25) is 9.59 Å². The van der Waals surface area contributed by atoms with E-state index in [1.807, 2.05) is 52.8 Å². The smallest absolute Gasteiger partial charge is 0.408 e. The first kappa shape index (κ1) is 31.4. The number of carbonyl (C=O) groups is 3. The van der Waals surface area contributed by atoms with Gasteiger partial charge in [-0.15, -0.1) is 0 Å². The van der Waals surface area contributed by atoms with Crippen LogP contribution >= 0.6 is 0 Å². The highest BCUT2D eigenvalue weighted by atomic mass is 16.6. The van der Waals surface area contributed by atoms with Gasteiger partial charge in [0.15, 0.2) is 0 Å². The van der Waals surface area contributed by atoms with Crippen LogP contribution in [0.3, 0.4) is 0 Å². The number of aryl methyl sites for hydroxylation is 2. The predicted molar refractivity (Wildman–Crippen MR) is 143 cm³/mol. The van der Waals surface area contributed by atoms with E-state index in [-0.39, 0.29) is 5.91 Å². The summed E-state index contributed by atoms with van der Waals surface area (Å²) in [5.74, 6) is -0.842. The second kappa shape index (κ2) is 13.6. The molecule has 3 amide bonds. The summed E-state index contributed by atoms with van der Waals surface area (Å²) in [7, 11) is 0. The third-order valence-electron chi connectivity index (χ3n) is 6.23. The number of unbranched alkanes of at least 4 members (excludes halogenated alkanes) is 2. The largest absolute Gasteiger partial charge is 0.444 e. The Morgan fingerprint density at radius 1 is 1.06 bits per heavy atom. The maximum Gasteiger partial charge on any atom is 0.408 e. The minimum Gasteiger partial charge on any atom is -0.444 e. The van der Waals surface area contributed by atoms with Gasteiger partial charge in [0.1, 0.15) is 17.7 Å². The molecule has 0 aliphatic rings. The molecule has 0 saturated carbocycles. The molecule has 0 spiro atoms. The van der Waals surface area contributed by atoms with Gasteiger partial charge in [-0.1, -0.05) is 50.5 Å². The number of alkyl carbamates (subject to hydrolysis) is 1. The number of aliphatic hydroxyl groups is 1. The quantitative estimate of drug-likeness (QED) is 0.361. The zero-order valence-electron chi connectivity index (χ0n) is 23.7. The van der Waals surface area contributed by atoms with Crippen molar-refractivity contribution in [2.45, 2.75) is 111 Å². The van der Waals surface area contributed by atoms with Crippen LogP contribution in [-0.4, -0.2) is 58.2 Å². The highest BCUT2D eigenvalue weighted by Crippen LogP contribution is 2.34. The Morgan fingerprint density at radius 3 is 2.19 bits per heavy atom. The second-order valence-electron chi connectivity index (χ2n) is 11.0. The van der Waals surface area contributed by atoms with Crippen LogP contribution < -0.4 is 10.6 Å². The summed E-state index contributed by atoms with van der Waals surface area (Å²) in [6.07, 6.45) is 2.60. The molecule has 0 saturated heterocycles. The van der Waals surface area contributed by atoms with E-state index in [9.17, 15) is 19.5 Å². The molecule has 0 aliphatic heterocycles. The van der Waals surface area contributed by atoms with Crippen molar-refractivity contribution in [3.63, 3.8) is 0 Å². The molecule has 8 heteroatoms. The average Bonchev–Trinajstić information content (AvgIpc) is 2.77. The molecule has 1 aromatic carbocycles. The van der Waals surface area contributed by atoms with Crippen molar-refractivity contribution >= 4 is 17.9 Å². The highest BCUT2D eigenvalue weighted by Gasteiger charge is 2.43. The van der Waals surface area contributed by atoms with Crippen molar-refractivity contribution in [1.82, 2.24) is 15.5 Å². The third kappa shape index (κ3) is 9.12. The monoisotopic (exact) mass is 505 g/mol. The molecule has 8 nitrogen and oxygen atoms in total. The van der Waals surface area contributed by atoms with E-state index in [0.717, 1.165) is 30.4 Å². The number of carbonyl (C=O) groups excluding carboxylic acids is 3. The number of benzene rings is 1. The zero-order chi connectivity index (χ0) is 27.7. The van der Waals surface area contributed by atoms with Crippen LogP contribution in [-0.2, 0) is 14.3 Å². The molecular formula is C28H47N3O5. The maximum absolute atomic E-state index is 14.0. The summed E-state index contributed by atoms with van der Waals surface area (Å²) in [4.78, 5) is 41.6. The average molecular weight is 506 g/mol. The lowest BCUT2D eigenvalue weighted by molar-refractivity contribution is -0.150. The Kier molecular flexibility index (Phi) is 11.9. The number of aliphatic hydroxyl groups excluding tert-OH is 1. The van der Waals surface area contributed by atoms with Crippen molar-refractivity contribution in [1.29, 1.82) is 0 Å². The van der Waals surface area contributed by atoms with Crippen LogP contribution in [0.4, 0.5) is 4.79 Å². The fourth-order valence-corrected chi connectivity index (χ4v) is 3.96. The molecule has 3 N–H and O–H groups in total. The van der Waals surface area contributed by atoms with Crippen molar-refractivity contribution < 1.29 is 24.2 Å². The Bertz CT molecular complexity index is 892. The van der Waals surface area contributed by atoms with Gasteiger partial charge in [-0.25, -0.2) is 4.79 Å². The molecule has 1 rings (SSSR count). The molecule has 0 fully saturated rings. The normalized spacial score (nSPS) is 13.5. The van der Waals surface area contributed by atoms with E-state index < -0.39 is 41.8 Å². The number of hydrogen-bond acceptors (Lipinski definition) is 5. The van der Waals surface area contributed by atoms with Crippen molar-refractivity contribution in [3.8, 4) is 0 Å². The van der Waals surface area contributed by atoms with E-state index in [4.69, 9.17) is 4.74 Å². The molecular weight excluding hydrogens is 458 g/mol. The van der Waals surface area contributed by atoms with Gasteiger partial charge in [0, 0.05) is 12.1 Å². The SMILES string of the molecule is CCCCCNC(=O)C(c1ccc(C)cc1C)N(C(=O)C(CO)NC(=O)OC(C)(C)C)C(C)(C)CC. The Hall–Kier alpha value is -2.61. The van der Waals surface area contributed by atoms with E-state index in [1.54, 1.807) is 20.8 Å². The van der Waals surface area contributed by atoms with Crippen molar-refractivity contribution in [2.24, 2.45) is 0 Å². The first-order valence-electron chi connectivity index (χ1n) is 13.0. The fourth-order valence-electron chi connectivity index (χ4n) is 3.96. The van der Waals surface area contributed by atoms with Crippen LogP contribution in [0.1, 0.15) is 96.9 Å². The summed E-state index contributed by atoms with van der Waals surface area (Å²) < 4.78 is 5.30. The molecule has 36 heavy (non-hydrogen) atoms. The maximum atomic E-state index is 14.0. The number of rotatable bonds is 12. The minimum absolute atomic E-state index is 0.290. The van der Waals surface area contributed by atoms with Gasteiger partial charge < -0.3 is 25.4 Å². The molecule has 0 aliphatic carbocycles. The van der Waals surface area contributed by atoms with Crippen LogP contribution in [0.25, 0.3) is 0 Å². The predicted octanol–water partition coefficient (Wildman–Crippen LogP) is 4.55. The van der Waals surface area contributed by atoms with Gasteiger partial charge in [0.2, 0.25) is 11.8 Å². The topological polar surface area (TPSA) is 108 Å². The van der Waals surface area contributed by atoms with Crippen LogP contribution in [0.15, 0.2) is 18.2 Å². The molecule has 2 unspecified atom stereocenters. The summed E-state index contributed by atoms with van der Waals surface area (Å²) in [6.45, 7) is 16.7. The van der Waals surface area contributed by atoms with Gasteiger partial charge in [0.05, 0.1) is 6.61 Å². The van der Waals surface area contributed by atoms with Crippen LogP contribution in [0, 0.1) is 13.8 Å². The lowest BCUT2D eigenvalue weighted by atomic mass is 9.90. The molecule has 0 aromatic heterocycles. The summed E-state index contributed by atoms with van der Waals surface area (Å²) in [5.41, 5.74) is 1.11. The summed E-state index contributed by atoms with van der Waals surface area (Å²) >= 11 is 0. The third-order valence-corrected chi connectivity index (χ3v) is 6.23. The minimum atomic E-state index is -1.27. The van der Waals surface area contributed by atoms with Gasteiger partial charge in [-0.2, -0.15) is 0 Å². The molecule has 0 heterocycles. The van der Waals surface area contributed by atoms with Gasteiger partial charge in [-0.05, 0) is 72.4 Å². The van der Waals surface area contributed by atoms with Gasteiger partial charge >= 0.3 is 6.09 Å². The Morgan fingerprint density at radius 2 is 1.69 bits per heavy atom. The number of amides is 3. The highest BCUT2D eigenvalue weighted by molar-refractivity contribution is 5.93. The summed E-state index contributed by atoms with van der Waals surface area (Å²) in [6, 6.07) is 3.57. The van der Waals surface area contributed by atoms with E-state index in [1.165, 1.54) is 4.90 Å². The van der Waals surface area contributed by atoms with Crippen molar-refractivity contribution in [3.05, 3.63) is 34.9 Å². The van der Waals surface area contributed by atoms with E-state index in [2.05, 4.69) is 17.6 Å². The standard InChI is InChI=1S/C28H47N3O5/c1-10-12-13-16-29-24(33)23(21-15-14-19(3)17-20(21)4)31(28(8,9)11-2)25(34)22(18-32)30-26(35)36-27(5,6)7/h14-15,17,22-23,32H,10-13,16,18H2,1-9H3,(H,29,33)(H,30,35). The van der Waals surface area contributed by atoms with Crippen LogP contribution in [0.2, 0.25) is 0 Å². The van der Waals surface area contributed by atoms with Crippen molar-refractivity contribution in [2.75, 3.05) is 13.2 Å². The number of ether oxygens (including phenoxy) is 1. The number of nitrogens with zero attached hydrogens (tertiary/aromatic N) is 1. The van der Waals surface area contributed by atoms with E-state index in [0.29, 0.717) is 18.5 Å².